The number of benzene rings is 2. The van der Waals surface area contributed by atoms with Crippen LogP contribution in [0.25, 0.3) is 10.8 Å². The van der Waals surface area contributed by atoms with Crippen LogP contribution in [0.2, 0.25) is 0 Å². The molecule has 2 aromatic carbocycles. The van der Waals surface area contributed by atoms with E-state index < -0.39 is 11.3 Å². The summed E-state index contributed by atoms with van der Waals surface area (Å²) in [6.07, 6.45) is -2.64. The number of fused-ring (bicyclic) bond motifs is 1. The second kappa shape index (κ2) is 5.61. The Morgan fingerprint density at radius 2 is 1.72 bits per heavy atom. The second-order valence-electron chi connectivity index (χ2n) is 3.63. The first kappa shape index (κ1) is 14.5. The largest absolute Gasteiger partial charge is 0.265 e. The van der Waals surface area contributed by atoms with Gasteiger partial charge in [-0.1, -0.05) is 28.1 Å². The summed E-state index contributed by atoms with van der Waals surface area (Å²) in [6.45, 7) is 0. The first-order valence-corrected chi connectivity index (χ1v) is 7.36. The standard InChI is InChI=1S/C12H6Br2Cl2F2/c13-8-3-1-2-5-6(8)4-7(11(15)16)9(10(5)14)12(17)18/h1-4,11-12H. The normalized spacial score (nSPS) is 11.8. The van der Waals surface area contributed by atoms with Crippen LogP contribution in [-0.2, 0) is 0 Å². The molecule has 0 unspecified atom stereocenters. The predicted molar refractivity (Wildman–Crippen MR) is 78.8 cm³/mol. The Hall–Kier alpha value is 0.1000. The van der Waals surface area contributed by atoms with Crippen molar-refractivity contribution in [2.24, 2.45) is 0 Å². The Balaban J connectivity index is 2.90. The molecule has 0 aliphatic carbocycles. The summed E-state index contributed by atoms with van der Waals surface area (Å²) < 4.78 is 27.4. The number of hydrogen-bond acceptors (Lipinski definition) is 0. The Morgan fingerprint density at radius 1 is 1.06 bits per heavy atom. The lowest BCUT2D eigenvalue weighted by atomic mass is 10.0. The van der Waals surface area contributed by atoms with E-state index in [-0.39, 0.29) is 11.1 Å². The van der Waals surface area contributed by atoms with E-state index in [1.54, 1.807) is 18.2 Å². The third-order valence-corrected chi connectivity index (χ3v) is 4.61. The van der Waals surface area contributed by atoms with Gasteiger partial charge in [-0.25, -0.2) is 8.78 Å². The van der Waals surface area contributed by atoms with Gasteiger partial charge in [-0.3, -0.25) is 0 Å². The van der Waals surface area contributed by atoms with Crippen molar-refractivity contribution in [3.63, 3.8) is 0 Å². The molecule has 6 heteroatoms. The SMILES string of the molecule is FC(F)c1c(C(Cl)Cl)cc2c(Br)cccc2c1Br. The van der Waals surface area contributed by atoms with E-state index >= 15 is 0 Å². The minimum Gasteiger partial charge on any atom is -0.205 e. The van der Waals surface area contributed by atoms with E-state index in [4.69, 9.17) is 23.2 Å². The van der Waals surface area contributed by atoms with Crippen LogP contribution < -0.4 is 0 Å². The smallest absolute Gasteiger partial charge is 0.205 e. The second-order valence-corrected chi connectivity index (χ2v) is 6.37. The third kappa shape index (κ3) is 2.53. The first-order chi connectivity index (χ1) is 8.43. The summed E-state index contributed by atoms with van der Waals surface area (Å²) in [6, 6.07) is 6.97. The van der Waals surface area contributed by atoms with Crippen LogP contribution in [-0.4, -0.2) is 0 Å². The average molecular weight is 419 g/mol. The minimum absolute atomic E-state index is 0.157. The van der Waals surface area contributed by atoms with Gasteiger partial charge in [0.2, 0.25) is 0 Å². The lowest BCUT2D eigenvalue weighted by Crippen LogP contribution is -1.97. The Labute approximate surface area is 130 Å². The van der Waals surface area contributed by atoms with Crippen LogP contribution >= 0.6 is 55.1 Å². The Kier molecular flexibility index (Phi) is 4.52. The van der Waals surface area contributed by atoms with Crippen LogP contribution in [0.4, 0.5) is 8.78 Å². The van der Waals surface area contributed by atoms with Crippen LogP contribution in [0.15, 0.2) is 33.2 Å². The van der Waals surface area contributed by atoms with Crippen molar-refractivity contribution in [3.8, 4) is 0 Å². The Bertz CT molecular complexity index is 600. The third-order valence-electron chi connectivity index (χ3n) is 2.59. The number of hydrogen-bond donors (Lipinski definition) is 0. The molecule has 0 atom stereocenters. The van der Waals surface area contributed by atoms with Gasteiger partial charge in [0.05, 0.1) is 0 Å². The topological polar surface area (TPSA) is 0 Å². The van der Waals surface area contributed by atoms with E-state index in [1.807, 2.05) is 6.07 Å². The molecule has 0 aliphatic rings. The molecule has 96 valence electrons. The highest BCUT2D eigenvalue weighted by Gasteiger charge is 2.23. The molecular formula is C12H6Br2Cl2F2. The predicted octanol–water partition coefficient (Wildman–Crippen LogP) is 6.78. The number of halogens is 6. The average Bonchev–Trinajstić information content (AvgIpc) is 2.29. The Morgan fingerprint density at radius 3 is 2.28 bits per heavy atom. The summed E-state index contributed by atoms with van der Waals surface area (Å²) in [4.78, 5) is -0.998. The molecule has 0 fully saturated rings. The molecule has 0 spiro atoms. The fourth-order valence-electron chi connectivity index (χ4n) is 1.78. The highest BCUT2D eigenvalue weighted by molar-refractivity contribution is 9.11. The minimum atomic E-state index is -2.64. The van der Waals surface area contributed by atoms with Crippen molar-refractivity contribution in [2.75, 3.05) is 0 Å². The fraction of sp³-hybridized carbons (Fsp3) is 0.167. The highest BCUT2D eigenvalue weighted by atomic mass is 79.9. The number of rotatable bonds is 2. The van der Waals surface area contributed by atoms with Crippen LogP contribution in [0.3, 0.4) is 0 Å². The van der Waals surface area contributed by atoms with Crippen molar-refractivity contribution < 1.29 is 8.78 Å². The van der Waals surface area contributed by atoms with Crippen molar-refractivity contribution in [1.82, 2.24) is 0 Å². The quantitative estimate of drug-likeness (QED) is 0.471. The van der Waals surface area contributed by atoms with Crippen molar-refractivity contribution in [1.29, 1.82) is 0 Å². The molecule has 0 radical (unpaired) electrons. The van der Waals surface area contributed by atoms with E-state index in [1.165, 1.54) is 0 Å². The molecule has 0 saturated heterocycles. The molecule has 2 aromatic rings. The molecular weight excluding hydrogens is 413 g/mol. The zero-order valence-electron chi connectivity index (χ0n) is 8.73. The van der Waals surface area contributed by atoms with Gasteiger partial charge in [0.15, 0.2) is 0 Å². The highest BCUT2D eigenvalue weighted by Crippen LogP contribution is 2.43. The zero-order chi connectivity index (χ0) is 13.4. The summed E-state index contributed by atoms with van der Waals surface area (Å²) in [5.74, 6) is 0. The maximum Gasteiger partial charge on any atom is 0.265 e. The summed E-state index contributed by atoms with van der Waals surface area (Å²) >= 11 is 18.1. The molecule has 0 bridgehead atoms. The van der Waals surface area contributed by atoms with Crippen molar-refractivity contribution in [2.45, 2.75) is 11.3 Å². The lowest BCUT2D eigenvalue weighted by molar-refractivity contribution is 0.150. The van der Waals surface area contributed by atoms with Gasteiger partial charge in [-0.15, -0.1) is 23.2 Å². The molecule has 2 rings (SSSR count). The van der Waals surface area contributed by atoms with Crippen molar-refractivity contribution >= 4 is 65.8 Å². The summed E-state index contributed by atoms with van der Waals surface area (Å²) in [5, 5.41) is 1.48. The van der Waals surface area contributed by atoms with Gasteiger partial charge < -0.3 is 0 Å². The molecule has 0 amide bonds. The van der Waals surface area contributed by atoms with Gasteiger partial charge in [0.1, 0.15) is 4.84 Å². The maximum absolute atomic E-state index is 13.1. The molecule has 0 heterocycles. The van der Waals surface area contributed by atoms with Gasteiger partial charge >= 0.3 is 0 Å². The van der Waals surface area contributed by atoms with Gasteiger partial charge in [-0.2, -0.15) is 0 Å². The first-order valence-electron chi connectivity index (χ1n) is 4.90. The van der Waals surface area contributed by atoms with Gasteiger partial charge in [0.25, 0.3) is 6.43 Å². The molecule has 0 aromatic heterocycles. The molecule has 0 saturated carbocycles. The van der Waals surface area contributed by atoms with Crippen LogP contribution in [0.1, 0.15) is 22.4 Å². The maximum atomic E-state index is 13.1. The van der Waals surface area contributed by atoms with E-state index in [2.05, 4.69) is 31.9 Å². The summed E-state index contributed by atoms with van der Waals surface area (Å²) in [5.41, 5.74) is 0.0650. The lowest BCUT2D eigenvalue weighted by Gasteiger charge is -2.15. The van der Waals surface area contributed by atoms with Gasteiger partial charge in [0, 0.05) is 14.5 Å². The summed E-state index contributed by atoms with van der Waals surface area (Å²) in [7, 11) is 0. The van der Waals surface area contributed by atoms with E-state index in [0.717, 1.165) is 9.86 Å². The molecule has 0 aliphatic heterocycles. The molecule has 0 N–H and O–H groups in total. The van der Waals surface area contributed by atoms with Gasteiger partial charge in [-0.05, 0) is 44.4 Å². The van der Waals surface area contributed by atoms with E-state index in [9.17, 15) is 8.78 Å². The van der Waals surface area contributed by atoms with E-state index in [0.29, 0.717) is 9.86 Å². The number of alkyl halides is 4. The fourth-order valence-corrected chi connectivity index (χ4v) is 3.37. The van der Waals surface area contributed by atoms with Crippen molar-refractivity contribution in [3.05, 3.63) is 44.3 Å². The monoisotopic (exact) mass is 416 g/mol. The van der Waals surface area contributed by atoms with Crippen LogP contribution in [0.5, 0.6) is 0 Å². The molecule has 0 nitrogen and oxygen atoms in total. The van der Waals surface area contributed by atoms with Crippen LogP contribution in [0, 0.1) is 0 Å². The molecule has 18 heavy (non-hydrogen) atoms. The zero-order valence-corrected chi connectivity index (χ0v) is 13.4.